The molecule has 1 N–H and O–H groups in total. The fraction of sp³-hybridized carbons (Fsp3) is 0.538. The van der Waals surface area contributed by atoms with E-state index in [-0.39, 0.29) is 11.4 Å². The first-order valence-electron chi connectivity index (χ1n) is 5.90. The van der Waals surface area contributed by atoms with Gasteiger partial charge in [-0.3, -0.25) is 0 Å². The molecule has 0 bridgehead atoms. The normalized spacial score (nSPS) is 27.9. The van der Waals surface area contributed by atoms with Crippen LogP contribution in [0.3, 0.4) is 0 Å². The standard InChI is InChI=1S/C13H16FNO/c1-13(6-2-7-15-13)12-9-5-8-16-11(9)4-3-10(12)14/h3-4,15H,2,5-8H2,1H3. The highest BCUT2D eigenvalue weighted by molar-refractivity contribution is 5.47. The predicted molar refractivity (Wildman–Crippen MR) is 60.2 cm³/mol. The Morgan fingerprint density at radius 2 is 2.31 bits per heavy atom. The average molecular weight is 221 g/mol. The molecule has 2 aliphatic heterocycles. The van der Waals surface area contributed by atoms with Crippen molar-refractivity contribution in [2.24, 2.45) is 0 Å². The van der Waals surface area contributed by atoms with Gasteiger partial charge in [0.1, 0.15) is 11.6 Å². The van der Waals surface area contributed by atoms with Crippen molar-refractivity contribution in [3.63, 3.8) is 0 Å². The lowest BCUT2D eigenvalue weighted by atomic mass is 9.85. The first-order valence-corrected chi connectivity index (χ1v) is 5.90. The van der Waals surface area contributed by atoms with E-state index in [9.17, 15) is 4.39 Å². The van der Waals surface area contributed by atoms with Crippen LogP contribution in [0.5, 0.6) is 5.75 Å². The van der Waals surface area contributed by atoms with Gasteiger partial charge in [-0.1, -0.05) is 0 Å². The quantitative estimate of drug-likeness (QED) is 0.786. The molecular weight excluding hydrogens is 205 g/mol. The molecule has 2 nitrogen and oxygen atoms in total. The third-order valence-corrected chi connectivity index (χ3v) is 3.75. The third kappa shape index (κ3) is 1.34. The maximum atomic E-state index is 14.0. The second-order valence-electron chi connectivity index (χ2n) is 4.86. The van der Waals surface area contributed by atoms with Crippen LogP contribution in [0.4, 0.5) is 4.39 Å². The molecule has 1 unspecified atom stereocenters. The zero-order valence-electron chi connectivity index (χ0n) is 9.48. The maximum absolute atomic E-state index is 14.0. The van der Waals surface area contributed by atoms with Gasteiger partial charge in [-0.15, -0.1) is 0 Å². The van der Waals surface area contributed by atoms with Crippen LogP contribution in [-0.4, -0.2) is 13.2 Å². The molecule has 3 heteroatoms. The van der Waals surface area contributed by atoms with Crippen LogP contribution in [-0.2, 0) is 12.0 Å². The Hall–Kier alpha value is -1.09. The monoisotopic (exact) mass is 221 g/mol. The van der Waals surface area contributed by atoms with E-state index in [1.807, 2.05) is 0 Å². The minimum absolute atomic E-state index is 0.0962. The van der Waals surface area contributed by atoms with E-state index in [0.717, 1.165) is 42.7 Å². The molecule has 0 aromatic heterocycles. The number of halogens is 1. The van der Waals surface area contributed by atoms with E-state index >= 15 is 0 Å². The van der Waals surface area contributed by atoms with Crippen molar-refractivity contribution in [2.75, 3.05) is 13.2 Å². The maximum Gasteiger partial charge on any atom is 0.128 e. The molecule has 1 atom stereocenters. The summed E-state index contributed by atoms with van der Waals surface area (Å²) >= 11 is 0. The van der Waals surface area contributed by atoms with Crippen molar-refractivity contribution in [2.45, 2.75) is 31.7 Å². The molecule has 86 valence electrons. The Morgan fingerprint density at radius 3 is 3.06 bits per heavy atom. The minimum Gasteiger partial charge on any atom is -0.493 e. The molecule has 0 amide bonds. The summed E-state index contributed by atoms with van der Waals surface area (Å²) in [4.78, 5) is 0. The van der Waals surface area contributed by atoms with Crippen LogP contribution in [0.2, 0.25) is 0 Å². The number of benzene rings is 1. The van der Waals surface area contributed by atoms with Crippen LogP contribution in [0.25, 0.3) is 0 Å². The zero-order valence-corrected chi connectivity index (χ0v) is 9.48. The lowest BCUT2D eigenvalue weighted by molar-refractivity contribution is 0.356. The molecule has 2 heterocycles. The van der Waals surface area contributed by atoms with Gasteiger partial charge in [0.15, 0.2) is 0 Å². The van der Waals surface area contributed by atoms with E-state index in [1.165, 1.54) is 6.07 Å². The Morgan fingerprint density at radius 1 is 1.44 bits per heavy atom. The predicted octanol–water partition coefficient (Wildman–Crippen LogP) is 2.36. The third-order valence-electron chi connectivity index (χ3n) is 3.75. The summed E-state index contributed by atoms with van der Waals surface area (Å²) in [5.41, 5.74) is 1.69. The summed E-state index contributed by atoms with van der Waals surface area (Å²) in [7, 11) is 0. The van der Waals surface area contributed by atoms with Crippen molar-refractivity contribution in [1.82, 2.24) is 5.32 Å². The molecule has 2 aliphatic rings. The molecule has 0 saturated carbocycles. The number of rotatable bonds is 1. The first-order chi connectivity index (χ1) is 7.71. The molecule has 1 fully saturated rings. The molecular formula is C13H16FNO. The first kappa shape index (κ1) is 10.1. The number of ether oxygens (including phenoxy) is 1. The Labute approximate surface area is 94.8 Å². The summed E-state index contributed by atoms with van der Waals surface area (Å²) in [5, 5.41) is 3.42. The molecule has 1 aromatic rings. The molecule has 16 heavy (non-hydrogen) atoms. The van der Waals surface area contributed by atoms with E-state index in [0.29, 0.717) is 6.61 Å². The number of nitrogens with one attached hydrogen (secondary N) is 1. The van der Waals surface area contributed by atoms with Crippen molar-refractivity contribution >= 4 is 0 Å². The van der Waals surface area contributed by atoms with Gasteiger partial charge in [0.05, 0.1) is 6.61 Å². The van der Waals surface area contributed by atoms with Gasteiger partial charge < -0.3 is 10.1 Å². The molecule has 0 radical (unpaired) electrons. The highest BCUT2D eigenvalue weighted by Crippen LogP contribution is 2.40. The Balaban J connectivity index is 2.15. The summed E-state index contributed by atoms with van der Waals surface area (Å²) in [6.07, 6.45) is 2.94. The van der Waals surface area contributed by atoms with E-state index in [2.05, 4.69) is 12.2 Å². The lowest BCUT2D eigenvalue weighted by Gasteiger charge is -2.27. The minimum atomic E-state index is -0.205. The number of fused-ring (bicyclic) bond motifs is 1. The highest BCUT2D eigenvalue weighted by atomic mass is 19.1. The van der Waals surface area contributed by atoms with Gasteiger partial charge in [0.25, 0.3) is 0 Å². The summed E-state index contributed by atoms with van der Waals surface area (Å²) in [6, 6.07) is 3.28. The van der Waals surface area contributed by atoms with Crippen molar-refractivity contribution in [3.8, 4) is 5.75 Å². The average Bonchev–Trinajstić information content (AvgIpc) is 2.86. The SMILES string of the molecule is CC1(c2c(F)ccc3c2CCO3)CCCN1. The Bertz CT molecular complexity index is 424. The molecule has 0 aliphatic carbocycles. The van der Waals surface area contributed by atoms with Crippen LogP contribution in [0, 0.1) is 5.82 Å². The number of hydrogen-bond donors (Lipinski definition) is 1. The second kappa shape index (κ2) is 3.45. The molecule has 0 spiro atoms. The van der Waals surface area contributed by atoms with Crippen molar-refractivity contribution in [1.29, 1.82) is 0 Å². The van der Waals surface area contributed by atoms with Crippen LogP contribution in [0.15, 0.2) is 12.1 Å². The molecule has 1 saturated heterocycles. The van der Waals surface area contributed by atoms with Crippen LogP contribution in [0.1, 0.15) is 30.9 Å². The van der Waals surface area contributed by atoms with Crippen LogP contribution >= 0.6 is 0 Å². The van der Waals surface area contributed by atoms with Gasteiger partial charge in [0.2, 0.25) is 0 Å². The molecule has 3 rings (SSSR count). The van der Waals surface area contributed by atoms with Gasteiger partial charge in [-0.05, 0) is 38.4 Å². The van der Waals surface area contributed by atoms with Crippen molar-refractivity contribution in [3.05, 3.63) is 29.1 Å². The van der Waals surface area contributed by atoms with Gasteiger partial charge in [-0.2, -0.15) is 0 Å². The van der Waals surface area contributed by atoms with Gasteiger partial charge >= 0.3 is 0 Å². The van der Waals surface area contributed by atoms with Gasteiger partial charge in [-0.25, -0.2) is 4.39 Å². The molecule has 1 aromatic carbocycles. The Kier molecular flexibility index (Phi) is 2.18. The highest BCUT2D eigenvalue weighted by Gasteiger charge is 2.36. The summed E-state index contributed by atoms with van der Waals surface area (Å²) in [5.74, 6) is 0.771. The smallest absolute Gasteiger partial charge is 0.128 e. The van der Waals surface area contributed by atoms with Gasteiger partial charge in [0, 0.05) is 23.1 Å². The second-order valence-corrected chi connectivity index (χ2v) is 4.86. The topological polar surface area (TPSA) is 21.3 Å². The summed E-state index contributed by atoms with van der Waals surface area (Å²) in [6.45, 7) is 3.75. The van der Waals surface area contributed by atoms with E-state index < -0.39 is 0 Å². The van der Waals surface area contributed by atoms with Crippen molar-refractivity contribution < 1.29 is 9.13 Å². The largest absolute Gasteiger partial charge is 0.493 e. The fourth-order valence-electron chi connectivity index (χ4n) is 2.95. The summed E-state index contributed by atoms with van der Waals surface area (Å²) < 4.78 is 19.6. The van der Waals surface area contributed by atoms with Crippen LogP contribution < -0.4 is 10.1 Å². The zero-order chi connectivity index (χ0) is 11.2. The van der Waals surface area contributed by atoms with E-state index in [4.69, 9.17) is 4.74 Å². The fourth-order valence-corrected chi connectivity index (χ4v) is 2.95. The number of hydrogen-bond acceptors (Lipinski definition) is 2. The van der Waals surface area contributed by atoms with E-state index in [1.54, 1.807) is 6.07 Å². The lowest BCUT2D eigenvalue weighted by Crippen LogP contribution is -2.35.